The van der Waals surface area contributed by atoms with Crippen LogP contribution >= 0.6 is 0 Å². The van der Waals surface area contributed by atoms with E-state index in [2.05, 4.69) is 10.2 Å². The first-order valence-corrected chi connectivity index (χ1v) is 12.1. The Morgan fingerprint density at radius 3 is 1.93 bits per heavy atom. The van der Waals surface area contributed by atoms with Crippen molar-refractivity contribution in [1.82, 2.24) is 19.4 Å². The predicted molar refractivity (Wildman–Crippen MR) is 101 cm³/mol. The van der Waals surface area contributed by atoms with Gasteiger partial charge in [0, 0.05) is 71.6 Å². The summed E-state index contributed by atoms with van der Waals surface area (Å²) < 4.78 is 62.7. The molecule has 2 fully saturated rings. The van der Waals surface area contributed by atoms with E-state index in [9.17, 15) is 21.4 Å². The molecular formula is C14H31N4NaO8S2. The van der Waals surface area contributed by atoms with Crippen molar-refractivity contribution in [2.75, 3.05) is 77.9 Å². The van der Waals surface area contributed by atoms with Gasteiger partial charge in [0.2, 0.25) is 0 Å². The van der Waals surface area contributed by atoms with Crippen molar-refractivity contribution in [3.63, 3.8) is 0 Å². The molecule has 0 spiro atoms. The molecule has 1 atom stereocenters. The molecule has 0 radical (unpaired) electrons. The Morgan fingerprint density at radius 2 is 1.48 bits per heavy atom. The third kappa shape index (κ3) is 12.9. The molecule has 2 rings (SSSR count). The van der Waals surface area contributed by atoms with E-state index in [1.807, 2.05) is 4.90 Å². The van der Waals surface area contributed by atoms with E-state index in [-0.39, 0.29) is 55.1 Å². The number of aliphatic hydroxyl groups excluding tert-OH is 2. The SMILES string of the molecule is O=S(=O)(O)CCN1CCN(CCO)CC1.O=S(=O)([O-])N1CCNCC1CCO.[Na+]. The van der Waals surface area contributed by atoms with Gasteiger partial charge in [-0.3, -0.25) is 14.4 Å². The second-order valence-electron chi connectivity index (χ2n) is 6.63. The zero-order chi connectivity index (χ0) is 21.2. The number of aliphatic hydroxyl groups is 2. The van der Waals surface area contributed by atoms with Gasteiger partial charge in [-0.2, -0.15) is 8.42 Å². The van der Waals surface area contributed by atoms with Gasteiger partial charge in [-0.1, -0.05) is 0 Å². The summed E-state index contributed by atoms with van der Waals surface area (Å²) in [5, 5.41) is 20.3. The zero-order valence-electron chi connectivity index (χ0n) is 16.8. The van der Waals surface area contributed by atoms with E-state index in [4.69, 9.17) is 14.8 Å². The summed E-state index contributed by atoms with van der Waals surface area (Å²) in [6.07, 6.45) is 0.300. The molecule has 168 valence electrons. The maximum absolute atomic E-state index is 10.7. The Balaban J connectivity index is 0.000000527. The number of β-amino-alcohol motifs (C(OH)–C–C–N with tert-alkyl or cyclic N) is 1. The summed E-state index contributed by atoms with van der Waals surface area (Å²) in [6, 6.07) is -0.402. The maximum atomic E-state index is 10.7. The average molecular weight is 471 g/mol. The molecule has 2 aliphatic heterocycles. The van der Waals surface area contributed by atoms with Crippen LogP contribution in [0.4, 0.5) is 0 Å². The minimum Gasteiger partial charge on any atom is -0.735 e. The van der Waals surface area contributed by atoms with Gasteiger partial charge < -0.3 is 20.1 Å². The molecule has 0 amide bonds. The number of hydrogen-bond donors (Lipinski definition) is 4. The third-order valence-corrected chi connectivity index (χ3v) is 6.35. The standard InChI is InChI=1S/C8H18N2O4S.C6H14N2O4S.Na/c11-7-5-9-1-3-10(4-2-9)6-8-15(12,13)14;9-4-1-6-5-7-2-3-8(6)13(10,11)12;/h11H,1-8H2,(H,12,13,14);6-7,9H,1-5H2,(H,10,11,12);/q;;+1/p-1. The molecule has 12 nitrogen and oxygen atoms in total. The minimum atomic E-state index is -4.37. The minimum absolute atomic E-state index is 0. The second-order valence-corrected chi connectivity index (χ2v) is 9.53. The number of rotatable bonds is 8. The van der Waals surface area contributed by atoms with Crippen LogP contribution in [0, 0.1) is 0 Å². The number of hydrogen-bond acceptors (Lipinski definition) is 10. The molecule has 1 unspecified atom stereocenters. The molecule has 0 aromatic rings. The van der Waals surface area contributed by atoms with Crippen LogP contribution in [0.5, 0.6) is 0 Å². The van der Waals surface area contributed by atoms with Crippen molar-refractivity contribution < 1.29 is 65.7 Å². The summed E-state index contributed by atoms with van der Waals surface area (Å²) in [5.74, 6) is -0.201. The molecule has 4 N–H and O–H groups in total. The van der Waals surface area contributed by atoms with Crippen LogP contribution in [0.2, 0.25) is 0 Å². The van der Waals surface area contributed by atoms with E-state index < -0.39 is 26.5 Å². The normalized spacial score (nSPS) is 22.4. The monoisotopic (exact) mass is 470 g/mol. The summed E-state index contributed by atoms with van der Waals surface area (Å²) in [7, 11) is -8.21. The maximum Gasteiger partial charge on any atom is 1.00 e. The van der Waals surface area contributed by atoms with E-state index in [0.717, 1.165) is 30.5 Å². The fraction of sp³-hybridized carbons (Fsp3) is 1.00. The molecule has 15 heteroatoms. The van der Waals surface area contributed by atoms with Crippen molar-refractivity contribution in [2.45, 2.75) is 12.5 Å². The van der Waals surface area contributed by atoms with Gasteiger partial charge in [0.25, 0.3) is 10.1 Å². The van der Waals surface area contributed by atoms with Gasteiger partial charge in [-0.15, -0.1) is 0 Å². The fourth-order valence-corrected chi connectivity index (χ4v) is 4.40. The average Bonchev–Trinajstić information content (AvgIpc) is 2.61. The number of nitrogens with one attached hydrogen (secondary N) is 1. The van der Waals surface area contributed by atoms with Crippen molar-refractivity contribution in [3.05, 3.63) is 0 Å². The van der Waals surface area contributed by atoms with Gasteiger partial charge >= 0.3 is 29.6 Å². The van der Waals surface area contributed by atoms with Gasteiger partial charge in [0.15, 0.2) is 10.3 Å². The quantitative estimate of drug-likeness (QED) is 0.196. The predicted octanol–water partition coefficient (Wildman–Crippen LogP) is -6.41. The van der Waals surface area contributed by atoms with Crippen molar-refractivity contribution in [2.24, 2.45) is 0 Å². The first-order valence-electron chi connectivity index (χ1n) is 9.12. The molecule has 0 aromatic carbocycles. The molecule has 0 aliphatic carbocycles. The second kappa shape index (κ2) is 14.6. The summed E-state index contributed by atoms with van der Waals surface area (Å²) in [5.41, 5.74) is 0. The van der Waals surface area contributed by atoms with Crippen molar-refractivity contribution in [3.8, 4) is 0 Å². The van der Waals surface area contributed by atoms with Crippen LogP contribution < -0.4 is 34.9 Å². The summed E-state index contributed by atoms with van der Waals surface area (Å²) in [4.78, 5) is 4.13. The Labute approximate surface area is 195 Å². The molecule has 0 bridgehead atoms. The number of nitrogens with zero attached hydrogens (tertiary/aromatic N) is 3. The molecule has 29 heavy (non-hydrogen) atoms. The molecule has 0 saturated carbocycles. The third-order valence-electron chi connectivity index (χ3n) is 4.59. The van der Waals surface area contributed by atoms with E-state index >= 15 is 0 Å². The van der Waals surface area contributed by atoms with Gasteiger partial charge in [0.1, 0.15) is 0 Å². The van der Waals surface area contributed by atoms with Crippen molar-refractivity contribution in [1.29, 1.82) is 0 Å². The van der Waals surface area contributed by atoms with Crippen LogP contribution in [0.15, 0.2) is 0 Å². The fourth-order valence-electron chi connectivity index (χ4n) is 3.05. The van der Waals surface area contributed by atoms with Gasteiger partial charge in [0.05, 0.1) is 12.4 Å². The van der Waals surface area contributed by atoms with Crippen LogP contribution in [0.25, 0.3) is 0 Å². The zero-order valence-corrected chi connectivity index (χ0v) is 20.4. The van der Waals surface area contributed by atoms with Crippen LogP contribution in [0.1, 0.15) is 6.42 Å². The van der Waals surface area contributed by atoms with E-state index in [1.165, 1.54) is 0 Å². The van der Waals surface area contributed by atoms with E-state index in [0.29, 0.717) is 32.6 Å². The molecule has 2 saturated heterocycles. The van der Waals surface area contributed by atoms with Crippen molar-refractivity contribution >= 4 is 20.4 Å². The summed E-state index contributed by atoms with van der Waals surface area (Å²) in [6.45, 7) is 5.46. The Morgan fingerprint density at radius 1 is 0.931 bits per heavy atom. The molecule has 2 heterocycles. The van der Waals surface area contributed by atoms with Crippen LogP contribution in [-0.2, 0) is 20.4 Å². The van der Waals surface area contributed by atoms with Crippen LogP contribution in [0.3, 0.4) is 0 Å². The molecule has 0 aromatic heterocycles. The first-order chi connectivity index (χ1) is 13.1. The smallest absolute Gasteiger partial charge is 0.735 e. The molecular weight excluding hydrogens is 439 g/mol. The Bertz CT molecular complexity index is 642. The van der Waals surface area contributed by atoms with Gasteiger partial charge in [-0.25, -0.2) is 12.7 Å². The number of piperazine rings is 2. The van der Waals surface area contributed by atoms with Gasteiger partial charge in [-0.05, 0) is 6.42 Å². The Kier molecular flexibility index (Phi) is 14.9. The Hall–Kier alpha value is 0.580. The molecule has 2 aliphatic rings. The largest absolute Gasteiger partial charge is 1.00 e. The van der Waals surface area contributed by atoms with E-state index in [1.54, 1.807) is 0 Å². The first kappa shape index (κ1) is 29.6. The summed E-state index contributed by atoms with van der Waals surface area (Å²) >= 11 is 0. The van der Waals surface area contributed by atoms with Crippen LogP contribution in [-0.4, -0.2) is 134 Å². The topological polar surface area (TPSA) is 174 Å².